The second-order valence-corrected chi connectivity index (χ2v) is 8.36. The summed E-state index contributed by atoms with van der Waals surface area (Å²) in [5.74, 6) is 2.12. The molecule has 0 atom stereocenters. The Hall–Kier alpha value is -1.43. The van der Waals surface area contributed by atoms with Crippen molar-refractivity contribution < 1.29 is 4.79 Å². The molecule has 2 aromatic carbocycles. The van der Waals surface area contributed by atoms with Gasteiger partial charge < -0.3 is 0 Å². The Morgan fingerprint density at radius 2 is 1.64 bits per heavy atom. The number of hydrogen-bond donors (Lipinski definition) is 0. The van der Waals surface area contributed by atoms with Gasteiger partial charge in [0.1, 0.15) is 4.71 Å². The summed E-state index contributed by atoms with van der Waals surface area (Å²) >= 11 is 3.69. The van der Waals surface area contributed by atoms with Crippen LogP contribution in [0, 0.1) is 0 Å². The number of para-hydroxylation sites is 1. The molecule has 1 amide bonds. The topological polar surface area (TPSA) is 23.6 Å². The maximum absolute atomic E-state index is 12.5. The van der Waals surface area contributed by atoms with E-state index in [0.717, 1.165) is 30.4 Å². The number of rotatable bonds is 6. The summed E-state index contributed by atoms with van der Waals surface area (Å²) in [5.41, 5.74) is 2.38. The molecule has 3 rings (SSSR count). The second-order valence-electron chi connectivity index (χ2n) is 5.98. The van der Waals surface area contributed by atoms with Crippen LogP contribution in [0.1, 0.15) is 18.9 Å². The van der Waals surface area contributed by atoms with Crippen molar-refractivity contribution in [3.63, 3.8) is 0 Å². The quantitative estimate of drug-likeness (QED) is 0.736. The van der Waals surface area contributed by atoms with Gasteiger partial charge in [-0.15, -0.1) is 23.5 Å². The summed E-state index contributed by atoms with van der Waals surface area (Å²) in [7, 11) is 0. The van der Waals surface area contributed by atoms with Crippen LogP contribution in [0.5, 0.6) is 0 Å². The first-order chi connectivity index (χ1) is 12.3. The molecule has 25 heavy (non-hydrogen) atoms. The molecule has 1 aliphatic rings. The van der Waals surface area contributed by atoms with Gasteiger partial charge in [-0.3, -0.25) is 14.6 Å². The summed E-state index contributed by atoms with van der Waals surface area (Å²) in [6, 6.07) is 20.7. The lowest BCUT2D eigenvalue weighted by molar-refractivity contribution is -0.118. The van der Waals surface area contributed by atoms with Gasteiger partial charge in [-0.25, -0.2) is 0 Å². The smallest absolute Gasteiger partial charge is 0.228 e. The predicted octanol–water partition coefficient (Wildman–Crippen LogP) is 4.65. The maximum atomic E-state index is 12.5. The van der Waals surface area contributed by atoms with E-state index in [1.165, 1.54) is 5.56 Å². The summed E-state index contributed by atoms with van der Waals surface area (Å²) in [4.78, 5) is 16.9. The largest absolute Gasteiger partial charge is 0.291 e. The molecule has 0 spiro atoms. The summed E-state index contributed by atoms with van der Waals surface area (Å²) in [6.07, 6.45) is 1.60. The van der Waals surface area contributed by atoms with Gasteiger partial charge in [-0.05, 0) is 24.1 Å². The highest BCUT2D eigenvalue weighted by atomic mass is 32.2. The van der Waals surface area contributed by atoms with Crippen molar-refractivity contribution in [2.24, 2.45) is 0 Å². The van der Waals surface area contributed by atoms with Crippen LogP contribution in [0.25, 0.3) is 0 Å². The summed E-state index contributed by atoms with van der Waals surface area (Å²) in [5, 5.41) is 0. The van der Waals surface area contributed by atoms with Gasteiger partial charge in [0, 0.05) is 30.4 Å². The van der Waals surface area contributed by atoms with Gasteiger partial charge in [0.05, 0.1) is 0 Å². The fourth-order valence-electron chi connectivity index (χ4n) is 2.78. The number of amides is 1. The lowest BCUT2D eigenvalue weighted by Crippen LogP contribution is -2.42. The van der Waals surface area contributed by atoms with Crippen molar-refractivity contribution in [3.8, 4) is 0 Å². The van der Waals surface area contributed by atoms with Gasteiger partial charge in [0.2, 0.25) is 5.91 Å². The molecule has 0 saturated carbocycles. The Labute approximate surface area is 158 Å². The zero-order valence-corrected chi connectivity index (χ0v) is 16.1. The molecular weight excluding hydrogens is 348 g/mol. The fraction of sp³-hybridized carbons (Fsp3) is 0.350. The van der Waals surface area contributed by atoms with Crippen molar-refractivity contribution in [3.05, 3.63) is 66.2 Å². The van der Waals surface area contributed by atoms with Crippen LogP contribution < -0.4 is 4.90 Å². The summed E-state index contributed by atoms with van der Waals surface area (Å²) < 4.78 is 0.155. The molecule has 1 aliphatic heterocycles. The van der Waals surface area contributed by atoms with Gasteiger partial charge in [-0.1, -0.05) is 55.5 Å². The standard InChI is InChI=1S/C20H24N2OS2/c1-2-19(23)22(18-11-7-4-8-12-18)20-24-15-21(16-25-20)14-13-17-9-5-3-6-10-17/h3-12,20H,2,13-16H2,1H3. The van der Waals surface area contributed by atoms with Crippen LogP contribution in [0.4, 0.5) is 5.69 Å². The molecule has 0 radical (unpaired) electrons. The minimum absolute atomic E-state index is 0.155. The molecule has 0 unspecified atom stereocenters. The Morgan fingerprint density at radius 1 is 1.04 bits per heavy atom. The Bertz CT molecular complexity index is 658. The van der Waals surface area contributed by atoms with Gasteiger partial charge in [0.25, 0.3) is 0 Å². The van der Waals surface area contributed by atoms with E-state index in [-0.39, 0.29) is 10.6 Å². The van der Waals surface area contributed by atoms with Crippen LogP contribution in [-0.4, -0.2) is 33.8 Å². The first kappa shape index (κ1) is 18.4. The predicted molar refractivity (Wildman–Crippen MR) is 110 cm³/mol. The molecule has 0 bridgehead atoms. The molecule has 1 saturated heterocycles. The molecule has 0 aliphatic carbocycles. The van der Waals surface area contributed by atoms with Crippen LogP contribution in [0.15, 0.2) is 60.7 Å². The first-order valence-corrected chi connectivity index (χ1v) is 10.7. The first-order valence-electron chi connectivity index (χ1n) is 8.64. The third-order valence-corrected chi connectivity index (χ3v) is 7.01. The number of anilines is 1. The highest BCUT2D eigenvalue weighted by Crippen LogP contribution is 2.36. The SMILES string of the molecule is CCC(=O)N(c1ccccc1)C1SCN(CCc2ccccc2)CS1. The lowest BCUT2D eigenvalue weighted by atomic mass is 10.1. The zero-order chi connectivity index (χ0) is 17.5. The molecule has 3 nitrogen and oxygen atoms in total. The van der Waals surface area contributed by atoms with E-state index in [4.69, 9.17) is 0 Å². The molecule has 0 N–H and O–H groups in total. The van der Waals surface area contributed by atoms with E-state index in [1.54, 1.807) is 0 Å². The van der Waals surface area contributed by atoms with E-state index in [1.807, 2.05) is 65.7 Å². The minimum Gasteiger partial charge on any atom is -0.291 e. The van der Waals surface area contributed by atoms with Crippen LogP contribution in [0.3, 0.4) is 0 Å². The van der Waals surface area contributed by atoms with Crippen molar-refractivity contribution in [1.82, 2.24) is 4.90 Å². The second kappa shape index (κ2) is 9.32. The van der Waals surface area contributed by atoms with Gasteiger partial charge >= 0.3 is 0 Å². The Kier molecular flexibility index (Phi) is 6.84. The molecular formula is C20H24N2OS2. The average Bonchev–Trinajstić information content (AvgIpc) is 2.69. The van der Waals surface area contributed by atoms with E-state index < -0.39 is 0 Å². The van der Waals surface area contributed by atoms with Crippen molar-refractivity contribution in [1.29, 1.82) is 0 Å². The average molecular weight is 373 g/mol. The number of nitrogens with zero attached hydrogens (tertiary/aromatic N) is 2. The number of carbonyl (C=O) groups excluding carboxylic acids is 1. The highest BCUT2D eigenvalue weighted by molar-refractivity contribution is 8.17. The normalized spacial score (nSPS) is 15.9. The highest BCUT2D eigenvalue weighted by Gasteiger charge is 2.29. The van der Waals surface area contributed by atoms with Crippen LogP contribution in [0.2, 0.25) is 0 Å². The zero-order valence-electron chi connectivity index (χ0n) is 14.5. The Balaban J connectivity index is 1.57. The van der Waals surface area contributed by atoms with Crippen molar-refractivity contribution >= 4 is 35.1 Å². The van der Waals surface area contributed by atoms with Crippen LogP contribution in [-0.2, 0) is 11.2 Å². The van der Waals surface area contributed by atoms with Crippen molar-refractivity contribution in [2.75, 3.05) is 23.2 Å². The summed E-state index contributed by atoms with van der Waals surface area (Å²) in [6.45, 7) is 2.99. The molecule has 1 heterocycles. The number of carbonyl (C=O) groups is 1. The molecule has 2 aromatic rings. The molecule has 1 fully saturated rings. The van der Waals surface area contributed by atoms with Gasteiger partial charge in [-0.2, -0.15) is 0 Å². The Morgan fingerprint density at radius 3 is 2.24 bits per heavy atom. The third kappa shape index (κ3) is 5.03. The molecule has 132 valence electrons. The lowest BCUT2D eigenvalue weighted by Gasteiger charge is -2.37. The molecule has 5 heteroatoms. The van der Waals surface area contributed by atoms with Gasteiger partial charge in [0.15, 0.2) is 0 Å². The monoisotopic (exact) mass is 372 g/mol. The van der Waals surface area contributed by atoms with Crippen molar-refractivity contribution in [2.45, 2.75) is 24.5 Å². The number of benzene rings is 2. The molecule has 0 aromatic heterocycles. The fourth-order valence-corrected chi connectivity index (χ4v) is 5.54. The van der Waals surface area contributed by atoms with E-state index in [0.29, 0.717) is 6.42 Å². The van der Waals surface area contributed by atoms with E-state index in [2.05, 4.69) is 35.2 Å². The minimum atomic E-state index is 0.155. The van der Waals surface area contributed by atoms with Crippen LogP contribution >= 0.6 is 23.5 Å². The van der Waals surface area contributed by atoms with E-state index in [9.17, 15) is 4.79 Å². The third-order valence-electron chi connectivity index (χ3n) is 4.18. The number of thioether (sulfide) groups is 2. The van der Waals surface area contributed by atoms with E-state index >= 15 is 0 Å². The number of hydrogen-bond acceptors (Lipinski definition) is 4. The maximum Gasteiger partial charge on any atom is 0.228 e.